The predicted molar refractivity (Wildman–Crippen MR) is 82.4 cm³/mol. The number of ether oxygens (including phenoxy) is 1. The molecule has 0 radical (unpaired) electrons. The Morgan fingerprint density at radius 1 is 1.18 bits per heavy atom. The third-order valence-electron chi connectivity index (χ3n) is 5.98. The monoisotopic (exact) mass is 301 g/mol. The van der Waals surface area contributed by atoms with Crippen molar-refractivity contribution in [3.8, 4) is 0 Å². The van der Waals surface area contributed by atoms with Crippen LogP contribution in [0.2, 0.25) is 0 Å². The van der Waals surface area contributed by atoms with Crippen molar-refractivity contribution in [3.05, 3.63) is 35.4 Å². The molecule has 1 heterocycles. The SMILES string of the molecule is O=C(N[C@@H]1C[C@@H](O)C12CCOCC2)C1Cc2ccccc2C1. The molecule has 1 aromatic carbocycles. The average molecular weight is 301 g/mol. The number of aliphatic hydroxyl groups excluding tert-OH is 1. The van der Waals surface area contributed by atoms with Crippen molar-refractivity contribution in [1.82, 2.24) is 5.32 Å². The van der Waals surface area contributed by atoms with E-state index in [1.54, 1.807) is 0 Å². The summed E-state index contributed by atoms with van der Waals surface area (Å²) < 4.78 is 5.42. The van der Waals surface area contributed by atoms with Gasteiger partial charge in [-0.3, -0.25) is 4.79 Å². The smallest absolute Gasteiger partial charge is 0.224 e. The zero-order chi connectivity index (χ0) is 15.2. The van der Waals surface area contributed by atoms with Crippen LogP contribution in [-0.4, -0.2) is 36.4 Å². The molecule has 2 fully saturated rings. The van der Waals surface area contributed by atoms with Crippen molar-refractivity contribution < 1.29 is 14.6 Å². The second kappa shape index (κ2) is 5.36. The Morgan fingerprint density at radius 2 is 1.82 bits per heavy atom. The fraction of sp³-hybridized carbons (Fsp3) is 0.611. The number of rotatable bonds is 2. The molecule has 1 amide bonds. The molecule has 1 saturated heterocycles. The summed E-state index contributed by atoms with van der Waals surface area (Å²) in [5.74, 6) is 0.200. The Bertz CT molecular complexity index is 554. The first-order chi connectivity index (χ1) is 10.7. The zero-order valence-corrected chi connectivity index (χ0v) is 12.8. The molecule has 2 N–H and O–H groups in total. The van der Waals surface area contributed by atoms with E-state index in [2.05, 4.69) is 17.4 Å². The summed E-state index contributed by atoms with van der Waals surface area (Å²) in [6, 6.07) is 8.44. The lowest BCUT2D eigenvalue weighted by Gasteiger charge is -2.55. The summed E-state index contributed by atoms with van der Waals surface area (Å²) in [5.41, 5.74) is 2.47. The zero-order valence-electron chi connectivity index (χ0n) is 12.8. The Morgan fingerprint density at radius 3 is 2.41 bits per heavy atom. The van der Waals surface area contributed by atoms with Gasteiger partial charge in [0.2, 0.25) is 5.91 Å². The molecule has 4 rings (SSSR count). The van der Waals surface area contributed by atoms with Gasteiger partial charge in [-0.2, -0.15) is 0 Å². The molecule has 1 saturated carbocycles. The number of hydrogen-bond donors (Lipinski definition) is 2. The molecule has 0 bridgehead atoms. The lowest BCUT2D eigenvalue weighted by molar-refractivity contribution is -0.157. The molecule has 2 atom stereocenters. The second-order valence-corrected chi connectivity index (χ2v) is 7.03. The number of carbonyl (C=O) groups excluding carboxylic acids is 1. The number of carbonyl (C=O) groups is 1. The van der Waals surface area contributed by atoms with Gasteiger partial charge in [0.15, 0.2) is 0 Å². The Kier molecular flexibility index (Phi) is 3.46. The summed E-state index contributed by atoms with van der Waals surface area (Å²) in [4.78, 5) is 12.6. The maximum atomic E-state index is 12.6. The Labute approximate surface area is 130 Å². The topological polar surface area (TPSA) is 58.6 Å². The molecular formula is C18H23NO3. The Balaban J connectivity index is 1.41. The normalized spacial score (nSPS) is 29.9. The largest absolute Gasteiger partial charge is 0.392 e. The van der Waals surface area contributed by atoms with Gasteiger partial charge in [-0.25, -0.2) is 0 Å². The average Bonchev–Trinajstić information content (AvgIpc) is 2.99. The fourth-order valence-electron chi connectivity index (χ4n) is 4.43. The maximum absolute atomic E-state index is 12.6. The van der Waals surface area contributed by atoms with Gasteiger partial charge < -0.3 is 15.2 Å². The van der Waals surface area contributed by atoms with E-state index in [4.69, 9.17) is 4.74 Å². The van der Waals surface area contributed by atoms with E-state index >= 15 is 0 Å². The third kappa shape index (κ3) is 2.17. The fourth-order valence-corrected chi connectivity index (χ4v) is 4.43. The van der Waals surface area contributed by atoms with E-state index in [0.29, 0.717) is 19.6 Å². The van der Waals surface area contributed by atoms with Gasteiger partial charge in [0.1, 0.15) is 0 Å². The van der Waals surface area contributed by atoms with Crippen molar-refractivity contribution >= 4 is 5.91 Å². The molecule has 4 nitrogen and oxygen atoms in total. The van der Waals surface area contributed by atoms with Crippen molar-refractivity contribution in [2.75, 3.05) is 13.2 Å². The van der Waals surface area contributed by atoms with Gasteiger partial charge in [-0.15, -0.1) is 0 Å². The molecule has 3 aliphatic rings. The summed E-state index contributed by atoms with van der Waals surface area (Å²) in [6.07, 6.45) is 3.78. The third-order valence-corrected chi connectivity index (χ3v) is 5.98. The molecule has 0 aromatic heterocycles. The number of benzene rings is 1. The van der Waals surface area contributed by atoms with Crippen LogP contribution in [0.3, 0.4) is 0 Å². The quantitative estimate of drug-likeness (QED) is 0.869. The first kappa shape index (κ1) is 14.2. The second-order valence-electron chi connectivity index (χ2n) is 7.03. The lowest BCUT2D eigenvalue weighted by atomic mass is 9.58. The number of fused-ring (bicyclic) bond motifs is 1. The van der Waals surface area contributed by atoms with Crippen molar-refractivity contribution in [2.24, 2.45) is 11.3 Å². The maximum Gasteiger partial charge on any atom is 0.224 e. The van der Waals surface area contributed by atoms with Crippen molar-refractivity contribution in [2.45, 2.75) is 44.2 Å². The minimum atomic E-state index is -0.289. The number of amides is 1. The summed E-state index contributed by atoms with van der Waals surface area (Å²) >= 11 is 0. The molecule has 1 aromatic rings. The summed E-state index contributed by atoms with van der Waals surface area (Å²) in [7, 11) is 0. The van der Waals surface area contributed by atoms with Crippen molar-refractivity contribution in [1.29, 1.82) is 0 Å². The van der Waals surface area contributed by atoms with E-state index in [0.717, 1.165) is 25.7 Å². The predicted octanol–water partition coefficient (Wildman–Crippen LogP) is 1.45. The van der Waals surface area contributed by atoms with E-state index in [9.17, 15) is 9.90 Å². The number of aliphatic hydroxyl groups is 1. The van der Waals surface area contributed by atoms with E-state index in [1.807, 2.05) is 12.1 Å². The molecular weight excluding hydrogens is 278 g/mol. The summed E-state index contributed by atoms with van der Waals surface area (Å²) in [6.45, 7) is 1.39. The highest BCUT2D eigenvalue weighted by atomic mass is 16.5. The van der Waals surface area contributed by atoms with Crippen LogP contribution in [0.15, 0.2) is 24.3 Å². The van der Waals surface area contributed by atoms with Crippen LogP contribution < -0.4 is 5.32 Å². The first-order valence-corrected chi connectivity index (χ1v) is 8.32. The molecule has 0 unspecified atom stereocenters. The highest BCUT2D eigenvalue weighted by Crippen LogP contribution is 2.49. The van der Waals surface area contributed by atoms with Crippen LogP contribution in [0.4, 0.5) is 0 Å². The van der Waals surface area contributed by atoms with Gasteiger partial charge in [0.25, 0.3) is 0 Å². The van der Waals surface area contributed by atoms with E-state index < -0.39 is 0 Å². The van der Waals surface area contributed by atoms with Crippen LogP contribution in [0, 0.1) is 11.3 Å². The van der Waals surface area contributed by atoms with Crippen LogP contribution >= 0.6 is 0 Å². The van der Waals surface area contributed by atoms with Gasteiger partial charge >= 0.3 is 0 Å². The van der Waals surface area contributed by atoms with E-state index in [1.165, 1.54) is 11.1 Å². The van der Waals surface area contributed by atoms with Gasteiger partial charge in [0.05, 0.1) is 6.10 Å². The number of nitrogens with one attached hydrogen (secondary N) is 1. The number of hydrogen-bond acceptors (Lipinski definition) is 3. The van der Waals surface area contributed by atoms with Gasteiger partial charge in [-0.1, -0.05) is 24.3 Å². The summed E-state index contributed by atoms with van der Waals surface area (Å²) in [5, 5.41) is 13.4. The van der Waals surface area contributed by atoms with Crippen LogP contribution in [0.25, 0.3) is 0 Å². The lowest BCUT2D eigenvalue weighted by Crippen LogP contribution is -2.66. The van der Waals surface area contributed by atoms with Crippen LogP contribution in [0.1, 0.15) is 30.4 Å². The van der Waals surface area contributed by atoms with Crippen LogP contribution in [-0.2, 0) is 22.4 Å². The van der Waals surface area contributed by atoms with Gasteiger partial charge in [-0.05, 0) is 43.2 Å². The van der Waals surface area contributed by atoms with Gasteiger partial charge in [0, 0.05) is 30.6 Å². The molecule has 118 valence electrons. The van der Waals surface area contributed by atoms with Crippen LogP contribution in [0.5, 0.6) is 0 Å². The minimum Gasteiger partial charge on any atom is -0.392 e. The molecule has 4 heteroatoms. The molecule has 1 aliphatic heterocycles. The molecule has 1 spiro atoms. The Hall–Kier alpha value is -1.39. The molecule has 22 heavy (non-hydrogen) atoms. The van der Waals surface area contributed by atoms with E-state index in [-0.39, 0.29) is 29.4 Å². The molecule has 2 aliphatic carbocycles. The minimum absolute atomic E-state index is 0.0482. The first-order valence-electron chi connectivity index (χ1n) is 8.32. The standard InChI is InChI=1S/C18H23NO3/c20-16-11-15(18(16)5-7-22-8-6-18)19-17(21)14-9-12-3-1-2-4-13(12)10-14/h1-4,14-16,20H,5-11H2,(H,19,21)/t15-,16-/m1/s1. The highest BCUT2D eigenvalue weighted by Gasteiger charge is 2.55. The van der Waals surface area contributed by atoms with Crippen molar-refractivity contribution in [3.63, 3.8) is 0 Å². The highest BCUT2D eigenvalue weighted by molar-refractivity contribution is 5.80.